The minimum absolute atomic E-state index is 0.130. The van der Waals surface area contributed by atoms with Crippen molar-refractivity contribution in [3.8, 4) is 0 Å². The van der Waals surface area contributed by atoms with Crippen LogP contribution in [-0.2, 0) is 4.79 Å². The third-order valence-corrected chi connectivity index (χ3v) is 3.70. The van der Waals surface area contributed by atoms with E-state index in [4.69, 9.17) is 0 Å². The number of rotatable bonds is 0. The van der Waals surface area contributed by atoms with Gasteiger partial charge in [-0.2, -0.15) is 0 Å². The highest BCUT2D eigenvalue weighted by Gasteiger charge is 2.29. The molecule has 0 amide bonds. The number of carbonyl (C=O) groups is 1. The SMILES string of the molecule is O=C1CC=C2C(=CC1Br)c1ccccc12. The number of halogens is 1. The van der Waals surface area contributed by atoms with E-state index in [1.807, 2.05) is 24.3 Å². The van der Waals surface area contributed by atoms with E-state index >= 15 is 0 Å². The quantitative estimate of drug-likeness (QED) is 0.655. The van der Waals surface area contributed by atoms with E-state index in [0.29, 0.717) is 6.42 Å². The predicted octanol–water partition coefficient (Wildman–Crippen LogP) is 3.20. The van der Waals surface area contributed by atoms with Gasteiger partial charge >= 0.3 is 0 Å². The Hall–Kier alpha value is -1.15. The Morgan fingerprint density at radius 1 is 1.13 bits per heavy atom. The highest BCUT2D eigenvalue weighted by molar-refractivity contribution is 9.10. The normalized spacial score (nSPS) is 23.0. The first kappa shape index (κ1) is 9.10. The van der Waals surface area contributed by atoms with E-state index in [9.17, 15) is 4.79 Å². The van der Waals surface area contributed by atoms with Crippen molar-refractivity contribution < 1.29 is 4.79 Å². The second kappa shape index (κ2) is 3.17. The van der Waals surface area contributed by atoms with Crippen molar-refractivity contribution in [1.82, 2.24) is 0 Å². The molecule has 0 saturated carbocycles. The molecule has 0 radical (unpaired) electrons. The zero-order valence-electron chi connectivity index (χ0n) is 8.03. The van der Waals surface area contributed by atoms with Crippen molar-refractivity contribution in [3.63, 3.8) is 0 Å². The largest absolute Gasteiger partial charge is 0.298 e. The number of ketones is 1. The van der Waals surface area contributed by atoms with Crippen LogP contribution in [0.2, 0.25) is 0 Å². The van der Waals surface area contributed by atoms with Crippen molar-refractivity contribution in [2.45, 2.75) is 11.2 Å². The molecule has 2 aliphatic carbocycles. The molecule has 0 fully saturated rings. The molecule has 2 heteroatoms. The molecule has 1 atom stereocenters. The Balaban J connectivity index is 2.18. The maximum absolute atomic E-state index is 11.5. The average Bonchev–Trinajstić information content (AvgIpc) is 2.36. The Kier molecular flexibility index (Phi) is 1.93. The summed E-state index contributed by atoms with van der Waals surface area (Å²) in [5.74, 6) is 0.232. The van der Waals surface area contributed by atoms with Gasteiger partial charge in [-0.15, -0.1) is 0 Å². The standard InChI is InChI=1S/C13H9BrO/c14-12-7-11-9-4-2-1-3-8(9)10(11)5-6-13(12)15/h1-5,7,12H,6H2. The fourth-order valence-electron chi connectivity index (χ4n) is 2.13. The fraction of sp³-hybridized carbons (Fsp3) is 0.154. The van der Waals surface area contributed by atoms with Crippen LogP contribution in [-0.4, -0.2) is 10.6 Å². The number of hydrogen-bond acceptors (Lipinski definition) is 1. The molecule has 0 bridgehead atoms. The van der Waals surface area contributed by atoms with Crippen LogP contribution >= 0.6 is 15.9 Å². The molecule has 0 aromatic heterocycles. The number of carbonyl (C=O) groups excluding carboxylic acids is 1. The van der Waals surface area contributed by atoms with E-state index < -0.39 is 0 Å². The van der Waals surface area contributed by atoms with Gasteiger partial charge in [0.25, 0.3) is 0 Å². The van der Waals surface area contributed by atoms with Crippen molar-refractivity contribution in [2.75, 3.05) is 0 Å². The molecule has 0 spiro atoms. The van der Waals surface area contributed by atoms with Gasteiger partial charge < -0.3 is 0 Å². The molecule has 1 aromatic rings. The van der Waals surface area contributed by atoms with Crippen LogP contribution in [0.5, 0.6) is 0 Å². The summed E-state index contributed by atoms with van der Waals surface area (Å²) in [7, 11) is 0. The fourth-order valence-corrected chi connectivity index (χ4v) is 2.59. The molecule has 0 heterocycles. The second-order valence-electron chi connectivity index (χ2n) is 3.82. The molecule has 0 N–H and O–H groups in total. The molecule has 15 heavy (non-hydrogen) atoms. The molecule has 2 aliphatic rings. The van der Waals surface area contributed by atoms with Gasteiger partial charge in [0, 0.05) is 6.42 Å². The lowest BCUT2D eigenvalue weighted by Gasteiger charge is -2.26. The van der Waals surface area contributed by atoms with Crippen molar-refractivity contribution in [1.29, 1.82) is 0 Å². The first-order valence-corrected chi connectivity index (χ1v) is 5.88. The number of benzene rings is 1. The number of allylic oxidation sites excluding steroid dienone is 4. The summed E-state index contributed by atoms with van der Waals surface area (Å²) in [6.45, 7) is 0. The molecule has 0 aliphatic heterocycles. The Bertz CT molecular complexity index is 511. The van der Waals surface area contributed by atoms with Crippen LogP contribution in [0, 0.1) is 0 Å². The van der Waals surface area contributed by atoms with Crippen molar-refractivity contribution >= 4 is 32.9 Å². The third kappa shape index (κ3) is 1.25. The predicted molar refractivity (Wildman–Crippen MR) is 64.7 cm³/mol. The summed E-state index contributed by atoms with van der Waals surface area (Å²) in [4.78, 5) is 11.4. The number of hydrogen-bond donors (Lipinski definition) is 0. The smallest absolute Gasteiger partial charge is 0.154 e. The molecular weight excluding hydrogens is 252 g/mol. The molecule has 0 saturated heterocycles. The van der Waals surface area contributed by atoms with Crippen molar-refractivity contribution in [3.05, 3.63) is 47.5 Å². The van der Waals surface area contributed by atoms with Gasteiger partial charge in [0.1, 0.15) is 0 Å². The van der Waals surface area contributed by atoms with Gasteiger partial charge in [-0.3, -0.25) is 4.79 Å². The van der Waals surface area contributed by atoms with E-state index in [-0.39, 0.29) is 10.6 Å². The summed E-state index contributed by atoms with van der Waals surface area (Å²) in [5.41, 5.74) is 5.00. The minimum atomic E-state index is -0.130. The van der Waals surface area contributed by atoms with E-state index in [1.54, 1.807) is 0 Å². The molecular formula is C13H9BrO. The number of alkyl halides is 1. The number of Topliss-reactive ketones (excluding diaryl/α,β-unsaturated/α-hetero) is 1. The zero-order valence-corrected chi connectivity index (χ0v) is 9.62. The summed E-state index contributed by atoms with van der Waals surface area (Å²) in [6.07, 6.45) is 4.58. The monoisotopic (exact) mass is 260 g/mol. The highest BCUT2D eigenvalue weighted by atomic mass is 79.9. The van der Waals surface area contributed by atoms with Gasteiger partial charge in [-0.1, -0.05) is 52.3 Å². The van der Waals surface area contributed by atoms with Crippen LogP contribution in [0.3, 0.4) is 0 Å². The maximum atomic E-state index is 11.5. The second-order valence-corrected chi connectivity index (χ2v) is 4.80. The zero-order chi connectivity index (χ0) is 10.4. The Labute approximate surface area is 96.6 Å². The van der Waals surface area contributed by atoms with Gasteiger partial charge in [-0.25, -0.2) is 0 Å². The third-order valence-electron chi connectivity index (χ3n) is 2.93. The van der Waals surface area contributed by atoms with Gasteiger partial charge in [0.2, 0.25) is 0 Å². The lowest BCUT2D eigenvalue weighted by molar-refractivity contribution is -0.116. The molecule has 74 valence electrons. The van der Waals surface area contributed by atoms with E-state index in [2.05, 4.69) is 28.1 Å². The van der Waals surface area contributed by atoms with E-state index in [0.717, 1.165) is 0 Å². The first-order valence-electron chi connectivity index (χ1n) is 4.96. The Morgan fingerprint density at radius 3 is 2.53 bits per heavy atom. The summed E-state index contributed by atoms with van der Waals surface area (Å²) >= 11 is 3.40. The lowest BCUT2D eigenvalue weighted by atomic mass is 9.78. The van der Waals surface area contributed by atoms with Crippen molar-refractivity contribution in [2.24, 2.45) is 0 Å². The lowest BCUT2D eigenvalue weighted by Crippen LogP contribution is -2.09. The first-order chi connectivity index (χ1) is 7.27. The Morgan fingerprint density at radius 2 is 1.80 bits per heavy atom. The maximum Gasteiger partial charge on any atom is 0.154 e. The number of fused-ring (bicyclic) bond motifs is 4. The van der Waals surface area contributed by atoms with Crippen LogP contribution in [0.25, 0.3) is 11.1 Å². The van der Waals surface area contributed by atoms with Crippen LogP contribution in [0.1, 0.15) is 17.5 Å². The summed E-state index contributed by atoms with van der Waals surface area (Å²) in [6, 6.07) is 8.28. The highest BCUT2D eigenvalue weighted by Crippen LogP contribution is 2.46. The average molecular weight is 261 g/mol. The van der Waals surface area contributed by atoms with Gasteiger partial charge in [0.15, 0.2) is 5.78 Å². The summed E-state index contributed by atoms with van der Waals surface area (Å²) < 4.78 is 0. The topological polar surface area (TPSA) is 17.1 Å². The molecule has 1 unspecified atom stereocenters. The minimum Gasteiger partial charge on any atom is -0.298 e. The van der Waals surface area contributed by atoms with Crippen LogP contribution in [0.4, 0.5) is 0 Å². The van der Waals surface area contributed by atoms with Gasteiger partial charge in [-0.05, 0) is 22.3 Å². The summed E-state index contributed by atoms with van der Waals surface area (Å²) in [5, 5.41) is 0. The molecule has 1 aromatic carbocycles. The van der Waals surface area contributed by atoms with Gasteiger partial charge in [0.05, 0.1) is 4.83 Å². The molecule has 1 nitrogen and oxygen atoms in total. The van der Waals surface area contributed by atoms with E-state index in [1.165, 1.54) is 22.3 Å². The molecule has 3 rings (SSSR count). The van der Waals surface area contributed by atoms with Crippen LogP contribution < -0.4 is 0 Å². The van der Waals surface area contributed by atoms with Crippen LogP contribution in [0.15, 0.2) is 36.4 Å².